The monoisotopic (exact) mass is 575 g/mol. The van der Waals surface area contributed by atoms with Crippen LogP contribution in [-0.2, 0) is 31.5 Å². The zero-order valence-corrected chi connectivity index (χ0v) is 23.3. The Morgan fingerprint density at radius 2 is 1.84 bits per heavy atom. The third-order valence-electron chi connectivity index (χ3n) is 7.16. The van der Waals surface area contributed by atoms with Gasteiger partial charge in [0.2, 0.25) is 0 Å². The van der Waals surface area contributed by atoms with E-state index in [1.54, 1.807) is 12.1 Å². The van der Waals surface area contributed by atoms with E-state index in [0.29, 0.717) is 24.6 Å². The molecule has 11 heteroatoms. The molecule has 38 heavy (non-hydrogen) atoms. The number of rotatable bonds is 12. The normalized spacial score (nSPS) is 18.3. The quantitative estimate of drug-likeness (QED) is 0.129. The maximum Gasteiger partial charge on any atom is 0.534 e. The SMILES string of the molecule is CCCCOC(=O)C(C)N(C)CCC[C@]1(c2ccc(OS(=O)(=O)C(F)(F)F)cc2)CCc2cc(Cl)ccc21. The van der Waals surface area contributed by atoms with Crippen molar-refractivity contribution in [1.29, 1.82) is 0 Å². The Morgan fingerprint density at radius 1 is 1.16 bits per heavy atom. The van der Waals surface area contributed by atoms with Crippen LogP contribution in [0.2, 0.25) is 5.02 Å². The number of hydrogen-bond acceptors (Lipinski definition) is 6. The number of halogens is 4. The van der Waals surface area contributed by atoms with Crippen molar-refractivity contribution in [3.8, 4) is 5.75 Å². The summed E-state index contributed by atoms with van der Waals surface area (Å²) < 4.78 is 70.6. The molecule has 0 N–H and O–H groups in total. The fraction of sp³-hybridized carbons (Fsp3) is 0.519. The number of alkyl halides is 3. The van der Waals surface area contributed by atoms with Crippen molar-refractivity contribution in [3.05, 3.63) is 64.2 Å². The Balaban J connectivity index is 1.80. The van der Waals surface area contributed by atoms with Gasteiger partial charge in [0.1, 0.15) is 11.8 Å². The van der Waals surface area contributed by atoms with Crippen LogP contribution < -0.4 is 4.18 Å². The largest absolute Gasteiger partial charge is 0.534 e. The Morgan fingerprint density at radius 3 is 2.47 bits per heavy atom. The van der Waals surface area contributed by atoms with Gasteiger partial charge >= 0.3 is 21.6 Å². The Kier molecular flexibility index (Phi) is 9.76. The molecule has 210 valence electrons. The predicted molar refractivity (Wildman–Crippen MR) is 140 cm³/mol. The number of hydrogen-bond donors (Lipinski definition) is 0. The van der Waals surface area contributed by atoms with Crippen molar-refractivity contribution in [2.45, 2.75) is 69.3 Å². The molecular weight excluding hydrogens is 543 g/mol. The van der Waals surface area contributed by atoms with E-state index in [9.17, 15) is 26.4 Å². The average Bonchev–Trinajstić information content (AvgIpc) is 3.21. The molecule has 3 rings (SSSR count). The van der Waals surface area contributed by atoms with Gasteiger partial charge in [-0.2, -0.15) is 21.6 Å². The van der Waals surface area contributed by atoms with Crippen LogP contribution in [-0.4, -0.2) is 51.0 Å². The molecule has 0 aromatic heterocycles. The van der Waals surface area contributed by atoms with Gasteiger partial charge in [0, 0.05) is 10.4 Å². The van der Waals surface area contributed by atoms with Crippen molar-refractivity contribution in [1.82, 2.24) is 4.90 Å². The number of ether oxygens (including phenoxy) is 1. The second kappa shape index (κ2) is 12.3. The van der Waals surface area contributed by atoms with Crippen LogP contribution in [0.25, 0.3) is 0 Å². The lowest BCUT2D eigenvalue weighted by molar-refractivity contribution is -0.149. The Hall–Kier alpha value is -2.30. The minimum absolute atomic E-state index is 0.263. The summed E-state index contributed by atoms with van der Waals surface area (Å²) in [4.78, 5) is 14.3. The van der Waals surface area contributed by atoms with Crippen LogP contribution in [0.4, 0.5) is 13.2 Å². The molecule has 6 nitrogen and oxygen atoms in total. The fourth-order valence-electron chi connectivity index (χ4n) is 4.87. The summed E-state index contributed by atoms with van der Waals surface area (Å²) in [5.74, 6) is -0.674. The van der Waals surface area contributed by atoms with E-state index in [1.165, 1.54) is 12.1 Å². The molecular formula is C27H33ClF3NO5S. The topological polar surface area (TPSA) is 72.9 Å². The van der Waals surface area contributed by atoms with Crippen LogP contribution >= 0.6 is 11.6 Å². The minimum Gasteiger partial charge on any atom is -0.465 e. The van der Waals surface area contributed by atoms with E-state index in [1.807, 2.05) is 44.0 Å². The molecule has 0 radical (unpaired) electrons. The molecule has 0 amide bonds. The molecule has 1 aliphatic rings. The first-order chi connectivity index (χ1) is 17.8. The smallest absolute Gasteiger partial charge is 0.465 e. The van der Waals surface area contributed by atoms with E-state index in [0.717, 1.165) is 48.8 Å². The summed E-state index contributed by atoms with van der Waals surface area (Å²) in [6, 6.07) is 11.0. The Bertz CT molecular complexity index is 1220. The first kappa shape index (κ1) is 30.2. The van der Waals surface area contributed by atoms with E-state index in [4.69, 9.17) is 16.3 Å². The third-order valence-corrected chi connectivity index (χ3v) is 8.37. The van der Waals surface area contributed by atoms with Crippen molar-refractivity contribution >= 4 is 27.7 Å². The number of aryl methyl sites for hydroxylation is 1. The van der Waals surface area contributed by atoms with Gasteiger partial charge in [0.05, 0.1) is 6.61 Å². The molecule has 0 fully saturated rings. The summed E-state index contributed by atoms with van der Waals surface area (Å²) >= 11 is 6.22. The maximum atomic E-state index is 12.7. The summed E-state index contributed by atoms with van der Waals surface area (Å²) in [7, 11) is -3.89. The first-order valence-corrected chi connectivity index (χ1v) is 14.4. The predicted octanol–water partition coefficient (Wildman–Crippen LogP) is 6.24. The highest BCUT2D eigenvalue weighted by molar-refractivity contribution is 7.88. The van der Waals surface area contributed by atoms with Crippen LogP contribution in [0.15, 0.2) is 42.5 Å². The average molecular weight is 576 g/mol. The summed E-state index contributed by atoms with van der Waals surface area (Å²) in [5, 5.41) is 0.621. The van der Waals surface area contributed by atoms with E-state index < -0.39 is 32.8 Å². The number of unbranched alkanes of at least 4 members (excludes halogenated alkanes) is 1. The molecule has 0 heterocycles. The van der Waals surface area contributed by atoms with Gasteiger partial charge in [0.15, 0.2) is 0 Å². The maximum absolute atomic E-state index is 12.7. The number of fused-ring (bicyclic) bond motifs is 1. The van der Waals surface area contributed by atoms with Gasteiger partial charge in [-0.05, 0) is 93.6 Å². The fourth-order valence-corrected chi connectivity index (χ4v) is 5.52. The van der Waals surface area contributed by atoms with Crippen molar-refractivity contribution < 1.29 is 35.3 Å². The number of benzene rings is 2. The molecule has 0 spiro atoms. The summed E-state index contributed by atoms with van der Waals surface area (Å²) in [6.07, 6.45) is 4.71. The lowest BCUT2D eigenvalue weighted by atomic mass is 9.72. The van der Waals surface area contributed by atoms with E-state index in [-0.39, 0.29) is 5.97 Å². The number of likely N-dealkylation sites (N-methyl/N-ethyl adjacent to an activating group) is 1. The molecule has 0 bridgehead atoms. The van der Waals surface area contributed by atoms with Crippen LogP contribution in [0.3, 0.4) is 0 Å². The van der Waals surface area contributed by atoms with Crippen molar-refractivity contribution in [2.24, 2.45) is 0 Å². The van der Waals surface area contributed by atoms with Crippen LogP contribution in [0.5, 0.6) is 5.75 Å². The second-order valence-electron chi connectivity index (χ2n) is 9.67. The lowest BCUT2D eigenvalue weighted by Crippen LogP contribution is -2.38. The molecule has 2 aromatic carbocycles. The van der Waals surface area contributed by atoms with E-state index >= 15 is 0 Å². The van der Waals surface area contributed by atoms with Crippen LogP contribution in [0.1, 0.15) is 62.6 Å². The van der Waals surface area contributed by atoms with Gasteiger partial charge in [-0.1, -0.05) is 43.1 Å². The minimum atomic E-state index is -5.76. The Labute approximate surface area is 227 Å². The highest BCUT2D eigenvalue weighted by Gasteiger charge is 2.48. The zero-order chi connectivity index (χ0) is 28.1. The van der Waals surface area contributed by atoms with Gasteiger partial charge in [-0.15, -0.1) is 0 Å². The highest BCUT2D eigenvalue weighted by atomic mass is 35.5. The molecule has 0 saturated heterocycles. The molecule has 2 atom stereocenters. The lowest BCUT2D eigenvalue weighted by Gasteiger charge is -2.33. The number of carbonyl (C=O) groups is 1. The van der Waals surface area contributed by atoms with Gasteiger partial charge in [-0.25, -0.2) is 0 Å². The highest BCUT2D eigenvalue weighted by Crippen LogP contribution is 2.48. The van der Waals surface area contributed by atoms with Crippen molar-refractivity contribution in [3.63, 3.8) is 0 Å². The summed E-state index contributed by atoms with van der Waals surface area (Å²) in [5.41, 5.74) is -2.95. The van der Waals surface area contributed by atoms with Gasteiger partial charge < -0.3 is 8.92 Å². The summed E-state index contributed by atoms with van der Waals surface area (Å²) in [6.45, 7) is 4.86. The number of carbonyl (C=O) groups excluding carboxylic acids is 1. The standard InChI is InChI=1S/C27H33ClF3NO5S/c1-4-5-17-36-25(33)19(2)32(3)16-6-14-26(15-13-20-18-22(28)9-12-24(20)26)21-7-10-23(11-8-21)37-38(34,35)27(29,30)31/h7-12,18-19H,4-6,13-17H2,1-3H3/t19?,26-/m1/s1. The molecule has 1 aliphatic carbocycles. The van der Waals surface area contributed by atoms with Crippen LogP contribution in [0, 0.1) is 0 Å². The van der Waals surface area contributed by atoms with Crippen molar-refractivity contribution in [2.75, 3.05) is 20.2 Å². The van der Waals surface area contributed by atoms with Gasteiger partial charge in [-0.3, -0.25) is 9.69 Å². The number of esters is 1. The molecule has 2 aromatic rings. The molecule has 0 saturated carbocycles. The molecule has 0 aliphatic heterocycles. The van der Waals surface area contributed by atoms with Gasteiger partial charge in [0.25, 0.3) is 0 Å². The second-order valence-corrected chi connectivity index (χ2v) is 11.6. The zero-order valence-electron chi connectivity index (χ0n) is 21.7. The molecule has 1 unspecified atom stereocenters. The number of nitrogens with zero attached hydrogens (tertiary/aromatic N) is 1. The van der Waals surface area contributed by atoms with E-state index in [2.05, 4.69) is 4.18 Å². The third kappa shape index (κ3) is 6.82. The first-order valence-electron chi connectivity index (χ1n) is 12.6.